The number of carbonyl (C=O) groups is 6. The maximum Gasteiger partial charge on any atom is 0.289 e. The summed E-state index contributed by atoms with van der Waals surface area (Å²) in [5, 5.41) is 12.1. The first-order valence-electron chi connectivity index (χ1n) is 21.8. The van der Waals surface area contributed by atoms with Crippen molar-refractivity contribution in [2.75, 3.05) is 19.6 Å². The van der Waals surface area contributed by atoms with E-state index in [-0.39, 0.29) is 52.0 Å². The molecule has 2 saturated heterocycles. The minimum Gasteiger partial charge on any atom is -0.347 e. The molecule has 6 atom stereocenters. The van der Waals surface area contributed by atoms with Crippen LogP contribution in [0.1, 0.15) is 151 Å². The van der Waals surface area contributed by atoms with Gasteiger partial charge in [0.05, 0.1) is 12.1 Å². The Balaban J connectivity index is 1.25. The molecule has 4 N–H and O–H groups in total. The summed E-state index contributed by atoms with van der Waals surface area (Å²) in [5.74, 6) is -2.56. The molecule has 2 aliphatic heterocycles. The molecule has 2 heterocycles. The highest BCUT2D eigenvalue weighted by Gasteiger charge is 2.85. The van der Waals surface area contributed by atoms with Crippen LogP contribution in [-0.2, 0) is 28.8 Å². The molecule has 55 heavy (non-hydrogen) atoms. The number of piperidine rings is 1. The number of likely N-dealkylation sites (tertiary alicyclic amines) is 2. The van der Waals surface area contributed by atoms with E-state index >= 15 is 4.79 Å². The van der Waals surface area contributed by atoms with Gasteiger partial charge in [-0.25, -0.2) is 0 Å². The van der Waals surface area contributed by atoms with E-state index in [0.717, 1.165) is 96.6 Å². The van der Waals surface area contributed by atoms with E-state index in [1.807, 2.05) is 27.7 Å². The maximum atomic E-state index is 15.1. The van der Waals surface area contributed by atoms with Crippen LogP contribution in [0.2, 0.25) is 0 Å². The molecule has 308 valence electrons. The predicted octanol–water partition coefficient (Wildman–Crippen LogP) is 4.39. The van der Waals surface area contributed by atoms with E-state index in [0.29, 0.717) is 25.8 Å². The van der Waals surface area contributed by atoms with Gasteiger partial charge < -0.3 is 26.2 Å². The van der Waals surface area contributed by atoms with Crippen LogP contribution in [0.3, 0.4) is 0 Å². The van der Waals surface area contributed by atoms with Crippen LogP contribution in [0.5, 0.6) is 0 Å². The van der Waals surface area contributed by atoms with E-state index in [9.17, 15) is 24.0 Å². The zero-order chi connectivity index (χ0) is 39.9. The molecule has 0 aromatic carbocycles. The topological polar surface area (TPSA) is 157 Å². The molecular formula is C43H70N6O6. The van der Waals surface area contributed by atoms with Gasteiger partial charge in [0.15, 0.2) is 0 Å². The van der Waals surface area contributed by atoms with Crippen molar-refractivity contribution in [3.05, 3.63) is 0 Å². The van der Waals surface area contributed by atoms with Crippen LogP contribution >= 0.6 is 0 Å². The Morgan fingerprint density at radius 2 is 1.42 bits per heavy atom. The molecule has 12 heteroatoms. The summed E-state index contributed by atoms with van der Waals surface area (Å²) in [5.41, 5.74) is -1.03. The molecule has 2 spiro atoms. The monoisotopic (exact) mass is 767 g/mol. The Bertz CT molecular complexity index is 1490. The first kappa shape index (κ1) is 41.6. The van der Waals surface area contributed by atoms with Gasteiger partial charge in [-0.05, 0) is 99.5 Å². The quantitative estimate of drug-likeness (QED) is 0.191. The highest BCUT2D eigenvalue weighted by Crippen LogP contribution is 2.88. The number of hydrogen-bond donors (Lipinski definition) is 4. The Labute approximate surface area is 329 Å². The lowest BCUT2D eigenvalue weighted by molar-refractivity contribution is -0.145. The van der Waals surface area contributed by atoms with Crippen molar-refractivity contribution < 1.29 is 28.8 Å². The van der Waals surface area contributed by atoms with Gasteiger partial charge in [0.1, 0.15) is 18.1 Å². The van der Waals surface area contributed by atoms with Gasteiger partial charge in [-0.1, -0.05) is 87.0 Å². The summed E-state index contributed by atoms with van der Waals surface area (Å²) >= 11 is 0. The second kappa shape index (κ2) is 16.1. The van der Waals surface area contributed by atoms with Gasteiger partial charge in [-0.15, -0.1) is 0 Å². The minimum atomic E-state index is -0.986. The minimum absolute atomic E-state index is 0.0156. The number of hydrogen-bond acceptors (Lipinski definition) is 7. The van der Waals surface area contributed by atoms with Gasteiger partial charge in [-0.3, -0.25) is 33.7 Å². The SMILES string of the molecule is CCC[C@H](NC(=O)[C@@H]1C[C@@]2(CN1C(=O)[C@@H](NC(=O)C(NC(=O)[C@H]1CCCCN1CC)C1CCCCC1)C(C)(C)C)C(C)(C)C21CCC1)C(=O)C(=O)NC1CC1. The van der Waals surface area contributed by atoms with Gasteiger partial charge >= 0.3 is 0 Å². The number of ketones is 1. The fourth-order valence-electron chi connectivity index (χ4n) is 11.4. The molecule has 4 aliphatic carbocycles. The Hall–Kier alpha value is -3.02. The van der Waals surface area contributed by atoms with Crippen molar-refractivity contribution in [3.8, 4) is 0 Å². The average molecular weight is 767 g/mol. The smallest absolute Gasteiger partial charge is 0.289 e. The first-order chi connectivity index (χ1) is 26.0. The molecule has 12 nitrogen and oxygen atoms in total. The van der Waals surface area contributed by atoms with E-state index in [1.165, 1.54) is 0 Å². The number of carbonyl (C=O) groups excluding carboxylic acids is 6. The van der Waals surface area contributed by atoms with Crippen molar-refractivity contribution in [2.45, 2.75) is 187 Å². The van der Waals surface area contributed by atoms with Crippen molar-refractivity contribution in [1.29, 1.82) is 0 Å². The van der Waals surface area contributed by atoms with Crippen molar-refractivity contribution in [3.63, 3.8) is 0 Å². The fraction of sp³-hybridized carbons (Fsp3) is 0.860. The van der Waals surface area contributed by atoms with E-state index < -0.39 is 47.2 Å². The van der Waals surface area contributed by atoms with Gasteiger partial charge in [0.2, 0.25) is 29.4 Å². The van der Waals surface area contributed by atoms with Crippen LogP contribution in [0.25, 0.3) is 0 Å². The van der Waals surface area contributed by atoms with Crippen LogP contribution < -0.4 is 21.3 Å². The van der Waals surface area contributed by atoms with Crippen LogP contribution in [-0.4, -0.2) is 101 Å². The molecule has 4 saturated carbocycles. The van der Waals surface area contributed by atoms with Crippen molar-refractivity contribution in [2.24, 2.45) is 27.6 Å². The molecule has 0 aromatic rings. The lowest BCUT2D eigenvalue weighted by Gasteiger charge is -2.39. The standard InChI is InChI=1S/C43H70N6O6/c1-8-16-29(33(50)38(54)44-28-20-21-28)45-36(52)31-25-43(41(6,7)42(43)22-15-23-42)26-49(31)39(55)34(40(3,4)5)47-37(53)32(27-17-11-10-12-18-27)46-35(51)30-19-13-14-24-48(30)9-2/h27-32,34H,8-26H2,1-7H3,(H,44,54)(H,45,52)(H,46,51)(H,47,53)/t29-,30+,31-,32?,34+,43+/m0/s1. The number of likely N-dealkylation sites (N-methyl/N-ethyl adjacent to an activating group) is 1. The Kier molecular flexibility index (Phi) is 12.2. The normalized spacial score (nSPS) is 29.1. The third-order valence-corrected chi connectivity index (χ3v) is 15.2. The molecule has 0 aromatic heterocycles. The van der Waals surface area contributed by atoms with Crippen LogP contribution in [0.15, 0.2) is 0 Å². The molecule has 6 aliphatic rings. The second-order valence-electron chi connectivity index (χ2n) is 19.6. The van der Waals surface area contributed by atoms with Crippen LogP contribution in [0, 0.1) is 27.6 Å². The summed E-state index contributed by atoms with van der Waals surface area (Å²) in [4.78, 5) is 88.1. The van der Waals surface area contributed by atoms with Gasteiger partial charge in [0, 0.05) is 18.0 Å². The summed E-state index contributed by atoms with van der Waals surface area (Å²) in [6, 6.07) is -3.83. The van der Waals surface area contributed by atoms with E-state index in [1.54, 1.807) is 4.90 Å². The molecule has 6 rings (SSSR count). The number of nitrogens with one attached hydrogen (secondary N) is 4. The molecule has 1 unspecified atom stereocenters. The Morgan fingerprint density at radius 1 is 0.764 bits per heavy atom. The molecular weight excluding hydrogens is 697 g/mol. The van der Waals surface area contributed by atoms with Crippen LogP contribution in [0.4, 0.5) is 0 Å². The van der Waals surface area contributed by atoms with Crippen molar-refractivity contribution in [1.82, 2.24) is 31.1 Å². The second-order valence-corrected chi connectivity index (χ2v) is 19.6. The highest BCUT2D eigenvalue weighted by atomic mass is 16.2. The highest BCUT2D eigenvalue weighted by molar-refractivity contribution is 6.38. The number of amides is 5. The fourth-order valence-corrected chi connectivity index (χ4v) is 11.4. The number of rotatable bonds is 14. The zero-order valence-corrected chi connectivity index (χ0v) is 34.8. The third kappa shape index (κ3) is 7.83. The zero-order valence-electron chi connectivity index (χ0n) is 34.8. The number of Topliss-reactive ketones (excluding diaryl/α,β-unsaturated/α-hetero) is 1. The lowest BCUT2D eigenvalue weighted by atomic mass is 9.73. The maximum absolute atomic E-state index is 15.1. The summed E-state index contributed by atoms with van der Waals surface area (Å²) in [6.45, 7) is 16.3. The molecule has 0 radical (unpaired) electrons. The summed E-state index contributed by atoms with van der Waals surface area (Å²) in [7, 11) is 0. The first-order valence-corrected chi connectivity index (χ1v) is 21.8. The lowest BCUT2D eigenvalue weighted by Crippen LogP contribution is -2.63. The molecule has 0 bridgehead atoms. The van der Waals surface area contributed by atoms with E-state index in [2.05, 4.69) is 46.9 Å². The number of nitrogens with zero attached hydrogens (tertiary/aromatic N) is 2. The third-order valence-electron chi connectivity index (χ3n) is 15.2. The van der Waals surface area contributed by atoms with Gasteiger partial charge in [0.25, 0.3) is 5.91 Å². The molecule has 6 fully saturated rings. The van der Waals surface area contributed by atoms with Crippen molar-refractivity contribution >= 4 is 35.3 Å². The number of fused-ring (bicyclic) bond motifs is 1. The largest absolute Gasteiger partial charge is 0.347 e. The van der Waals surface area contributed by atoms with Gasteiger partial charge in [-0.2, -0.15) is 0 Å². The Morgan fingerprint density at radius 3 is 1.98 bits per heavy atom. The molecule has 5 amide bonds. The average Bonchev–Trinajstić information content (AvgIpc) is 3.96. The predicted molar refractivity (Wildman–Crippen MR) is 210 cm³/mol. The summed E-state index contributed by atoms with van der Waals surface area (Å²) < 4.78 is 0. The van der Waals surface area contributed by atoms with E-state index in [4.69, 9.17) is 0 Å². The summed E-state index contributed by atoms with van der Waals surface area (Å²) in [6.07, 6.45) is 13.8.